The summed E-state index contributed by atoms with van der Waals surface area (Å²) in [5, 5.41) is 4.66. The molecular weight excluding hydrogens is 437 g/mol. The third-order valence-electron chi connectivity index (χ3n) is 5.86. The van der Waals surface area contributed by atoms with Crippen LogP contribution in [0.5, 0.6) is 11.5 Å². The Morgan fingerprint density at radius 1 is 1.12 bits per heavy atom. The minimum absolute atomic E-state index is 0.0154. The summed E-state index contributed by atoms with van der Waals surface area (Å²) >= 11 is 6.05. The fraction of sp³-hybridized carbons (Fsp3) is 0.304. The first-order valence-electron chi connectivity index (χ1n) is 10.2. The Balaban J connectivity index is 1.70. The van der Waals surface area contributed by atoms with Gasteiger partial charge in [0.2, 0.25) is 0 Å². The molecule has 5 rings (SSSR count). The van der Waals surface area contributed by atoms with E-state index in [9.17, 15) is 9.18 Å². The maximum Gasteiger partial charge on any atom is 0.274 e. The minimum atomic E-state index is -0.518. The fourth-order valence-electron chi connectivity index (χ4n) is 4.26. The highest BCUT2D eigenvalue weighted by Gasteiger charge is 2.34. The summed E-state index contributed by atoms with van der Waals surface area (Å²) in [6.45, 7) is 2.02. The predicted molar refractivity (Wildman–Crippen MR) is 117 cm³/mol. The molecule has 1 aliphatic heterocycles. The zero-order chi connectivity index (χ0) is 22.4. The van der Waals surface area contributed by atoms with Crippen molar-refractivity contribution in [2.45, 2.75) is 6.42 Å². The molecule has 1 fully saturated rings. The Bertz CT molecular complexity index is 1220. The van der Waals surface area contributed by atoms with Crippen molar-refractivity contribution in [2.24, 2.45) is 0 Å². The van der Waals surface area contributed by atoms with Crippen LogP contribution >= 0.6 is 11.6 Å². The number of amides is 1. The third kappa shape index (κ3) is 3.30. The van der Waals surface area contributed by atoms with Crippen molar-refractivity contribution < 1.29 is 23.4 Å². The largest absolute Gasteiger partial charge is 0.493 e. The summed E-state index contributed by atoms with van der Waals surface area (Å²) in [5.74, 6) is 0.519. The lowest BCUT2D eigenvalue weighted by molar-refractivity contribution is 0.0298. The van der Waals surface area contributed by atoms with Crippen LogP contribution in [-0.2, 0) is 11.2 Å². The summed E-state index contributed by atoms with van der Waals surface area (Å²) in [6, 6.07) is 8.19. The molecule has 0 spiro atoms. The lowest BCUT2D eigenvalue weighted by atomic mass is 10.1. The van der Waals surface area contributed by atoms with Gasteiger partial charge in [-0.2, -0.15) is 5.10 Å². The summed E-state index contributed by atoms with van der Waals surface area (Å²) in [4.78, 5) is 15.1. The Hall–Kier alpha value is -3.10. The third-order valence-corrected chi connectivity index (χ3v) is 6.15. The first-order chi connectivity index (χ1) is 15.5. The van der Waals surface area contributed by atoms with Crippen molar-refractivity contribution in [3.63, 3.8) is 0 Å². The van der Waals surface area contributed by atoms with Gasteiger partial charge in [-0.3, -0.25) is 4.79 Å². The van der Waals surface area contributed by atoms with Gasteiger partial charge < -0.3 is 19.1 Å². The van der Waals surface area contributed by atoms with E-state index >= 15 is 0 Å². The average Bonchev–Trinajstić information content (AvgIpc) is 3.37. The quantitative estimate of drug-likeness (QED) is 0.467. The maximum atomic E-state index is 13.8. The van der Waals surface area contributed by atoms with E-state index in [2.05, 4.69) is 5.10 Å². The lowest BCUT2D eigenvalue weighted by Crippen LogP contribution is -2.41. The normalized spacial score (nSPS) is 14.8. The van der Waals surface area contributed by atoms with E-state index in [1.54, 1.807) is 29.9 Å². The lowest BCUT2D eigenvalue weighted by Gasteiger charge is -2.26. The van der Waals surface area contributed by atoms with Crippen molar-refractivity contribution in [1.29, 1.82) is 0 Å². The summed E-state index contributed by atoms with van der Waals surface area (Å²) in [7, 11) is 3.16. The molecule has 2 aromatic carbocycles. The van der Waals surface area contributed by atoms with E-state index in [0.717, 1.165) is 22.4 Å². The number of halogens is 2. The molecule has 0 radical (unpaired) electrons. The molecule has 0 atom stereocenters. The molecule has 2 aliphatic rings. The highest BCUT2D eigenvalue weighted by Crippen LogP contribution is 2.45. The molecule has 0 N–H and O–H groups in total. The van der Waals surface area contributed by atoms with Crippen LogP contribution < -0.4 is 9.47 Å². The van der Waals surface area contributed by atoms with Crippen molar-refractivity contribution in [3.8, 4) is 28.4 Å². The molecule has 1 aromatic heterocycles. The molecule has 1 amide bonds. The van der Waals surface area contributed by atoms with E-state index in [0.29, 0.717) is 55.6 Å². The number of fused-ring (bicyclic) bond motifs is 3. The number of ether oxygens (including phenoxy) is 3. The van der Waals surface area contributed by atoms with Gasteiger partial charge in [-0.25, -0.2) is 9.07 Å². The number of nitrogens with zero attached hydrogens (tertiary/aromatic N) is 3. The molecule has 3 aromatic rings. The number of hydrogen-bond donors (Lipinski definition) is 0. The molecule has 0 unspecified atom stereocenters. The van der Waals surface area contributed by atoms with Crippen LogP contribution in [0.1, 0.15) is 21.6 Å². The van der Waals surface area contributed by atoms with Gasteiger partial charge in [-0.15, -0.1) is 0 Å². The summed E-state index contributed by atoms with van der Waals surface area (Å²) in [5.41, 5.74) is 4.39. The smallest absolute Gasteiger partial charge is 0.274 e. The van der Waals surface area contributed by atoms with Crippen molar-refractivity contribution >= 4 is 17.5 Å². The number of hydrogen-bond acceptors (Lipinski definition) is 5. The number of rotatable bonds is 4. The van der Waals surface area contributed by atoms with Gasteiger partial charge >= 0.3 is 0 Å². The van der Waals surface area contributed by atoms with Gasteiger partial charge in [0, 0.05) is 30.6 Å². The molecule has 2 heterocycles. The Labute approximate surface area is 189 Å². The van der Waals surface area contributed by atoms with Crippen molar-refractivity contribution in [3.05, 3.63) is 58.0 Å². The van der Waals surface area contributed by atoms with Gasteiger partial charge in [-0.1, -0.05) is 11.6 Å². The molecule has 0 bridgehead atoms. The number of carbonyl (C=O) groups is 1. The topological polar surface area (TPSA) is 65.8 Å². The second-order valence-corrected chi connectivity index (χ2v) is 8.04. The fourth-order valence-corrected chi connectivity index (χ4v) is 4.44. The standard InChI is InChI=1S/C23H21ClFN3O4/c1-30-19-10-13-9-16-21(23(29)27-5-7-32-8-6-27)26-28(14-3-4-18(25)17(24)11-14)22(16)15(13)12-20(19)31-2/h3-4,10-12H,5-9H2,1-2H3. The highest BCUT2D eigenvalue weighted by molar-refractivity contribution is 6.30. The molecule has 0 saturated carbocycles. The van der Waals surface area contributed by atoms with Gasteiger partial charge in [-0.05, 0) is 35.9 Å². The zero-order valence-electron chi connectivity index (χ0n) is 17.7. The van der Waals surface area contributed by atoms with Crippen LogP contribution in [0, 0.1) is 5.82 Å². The van der Waals surface area contributed by atoms with Gasteiger partial charge in [0.25, 0.3) is 5.91 Å². The van der Waals surface area contributed by atoms with Crippen LogP contribution in [0.3, 0.4) is 0 Å². The second kappa shape index (κ2) is 8.11. The van der Waals surface area contributed by atoms with Crippen LogP contribution in [0.4, 0.5) is 4.39 Å². The van der Waals surface area contributed by atoms with E-state index in [-0.39, 0.29) is 10.9 Å². The summed E-state index contributed by atoms with van der Waals surface area (Å²) < 4.78 is 31.8. The van der Waals surface area contributed by atoms with Gasteiger partial charge in [0.1, 0.15) is 5.82 Å². The molecule has 7 nitrogen and oxygen atoms in total. The molecule has 32 heavy (non-hydrogen) atoms. The Morgan fingerprint density at radius 3 is 2.53 bits per heavy atom. The maximum absolute atomic E-state index is 13.8. The number of methoxy groups -OCH3 is 2. The van der Waals surface area contributed by atoms with E-state index in [1.807, 2.05) is 12.1 Å². The van der Waals surface area contributed by atoms with Gasteiger partial charge in [0.15, 0.2) is 17.2 Å². The summed E-state index contributed by atoms with van der Waals surface area (Å²) in [6.07, 6.45) is 0.519. The molecule has 1 aliphatic carbocycles. The van der Waals surface area contributed by atoms with Crippen LogP contribution in [0.25, 0.3) is 16.9 Å². The molecule has 9 heteroatoms. The van der Waals surface area contributed by atoms with Crippen molar-refractivity contribution in [2.75, 3.05) is 40.5 Å². The molecular formula is C23H21ClFN3O4. The van der Waals surface area contributed by atoms with Crippen LogP contribution in [0.2, 0.25) is 5.02 Å². The number of benzene rings is 2. The SMILES string of the molecule is COc1cc2c(cc1OC)-c1c(c(C(=O)N3CCOCC3)nn1-c1ccc(F)c(Cl)c1)C2. The van der Waals surface area contributed by atoms with Crippen LogP contribution in [-0.4, -0.2) is 61.1 Å². The Kier molecular flexibility index (Phi) is 5.27. The molecule has 166 valence electrons. The number of aromatic nitrogens is 2. The average molecular weight is 458 g/mol. The predicted octanol–water partition coefficient (Wildman–Crippen LogP) is 3.73. The zero-order valence-corrected chi connectivity index (χ0v) is 18.4. The van der Waals surface area contributed by atoms with E-state index < -0.39 is 5.82 Å². The van der Waals surface area contributed by atoms with E-state index in [4.69, 9.17) is 25.8 Å². The van der Waals surface area contributed by atoms with Crippen LogP contribution in [0.15, 0.2) is 30.3 Å². The first kappa shape index (κ1) is 20.8. The van der Waals surface area contributed by atoms with Gasteiger partial charge in [0.05, 0.1) is 43.8 Å². The monoisotopic (exact) mass is 457 g/mol. The Morgan fingerprint density at radius 2 is 1.84 bits per heavy atom. The van der Waals surface area contributed by atoms with Crippen molar-refractivity contribution in [1.82, 2.24) is 14.7 Å². The first-order valence-corrected chi connectivity index (χ1v) is 10.6. The second-order valence-electron chi connectivity index (χ2n) is 7.63. The number of morpholine rings is 1. The highest BCUT2D eigenvalue weighted by atomic mass is 35.5. The van der Waals surface area contributed by atoms with E-state index in [1.165, 1.54) is 12.1 Å². The molecule has 1 saturated heterocycles. The number of carbonyl (C=O) groups excluding carboxylic acids is 1. The minimum Gasteiger partial charge on any atom is -0.493 e.